The van der Waals surface area contributed by atoms with Gasteiger partial charge in [-0.2, -0.15) is 0 Å². The monoisotopic (exact) mass is 296 g/mol. The van der Waals surface area contributed by atoms with Gasteiger partial charge in [0.25, 0.3) is 0 Å². The van der Waals surface area contributed by atoms with E-state index < -0.39 is 0 Å². The van der Waals surface area contributed by atoms with Crippen molar-refractivity contribution in [3.63, 3.8) is 0 Å². The largest absolute Gasteiger partial charge is 0.314 e. The Bertz CT molecular complexity index is 348. The first kappa shape index (κ1) is 13.1. The van der Waals surface area contributed by atoms with Crippen LogP contribution < -0.4 is 10.6 Å². The Balaban J connectivity index is 2.00. The molecule has 1 aliphatic rings. The molecule has 0 bridgehead atoms. The van der Waals surface area contributed by atoms with Crippen LogP contribution in [0.2, 0.25) is 0 Å². The van der Waals surface area contributed by atoms with Crippen LogP contribution in [-0.4, -0.2) is 19.6 Å². The normalized spacial score (nSPS) is 22.4. The van der Waals surface area contributed by atoms with E-state index in [9.17, 15) is 0 Å². The van der Waals surface area contributed by atoms with E-state index in [-0.39, 0.29) is 0 Å². The van der Waals surface area contributed by atoms with E-state index in [2.05, 4.69) is 50.8 Å². The second-order valence-electron chi connectivity index (χ2n) is 4.78. The Hall–Kier alpha value is -0.380. The van der Waals surface area contributed by atoms with Gasteiger partial charge in [0.2, 0.25) is 0 Å². The van der Waals surface area contributed by atoms with Crippen molar-refractivity contribution in [3.8, 4) is 0 Å². The van der Waals surface area contributed by atoms with Gasteiger partial charge in [-0.25, -0.2) is 0 Å². The highest BCUT2D eigenvalue weighted by atomic mass is 79.9. The number of nitrogens with one attached hydrogen (secondary N) is 2. The van der Waals surface area contributed by atoms with Crippen LogP contribution in [0.4, 0.5) is 0 Å². The van der Waals surface area contributed by atoms with Crippen molar-refractivity contribution in [2.75, 3.05) is 13.6 Å². The van der Waals surface area contributed by atoms with Crippen molar-refractivity contribution < 1.29 is 0 Å². The molecule has 0 saturated carbocycles. The summed E-state index contributed by atoms with van der Waals surface area (Å²) in [6.07, 6.45) is 5.18. The molecule has 3 heteroatoms. The lowest BCUT2D eigenvalue weighted by Crippen LogP contribution is -2.37. The molecule has 2 unspecified atom stereocenters. The van der Waals surface area contributed by atoms with Gasteiger partial charge in [-0.05, 0) is 50.6 Å². The minimum atomic E-state index is 0.447. The number of piperidine rings is 1. The summed E-state index contributed by atoms with van der Waals surface area (Å²) >= 11 is 3.54. The summed E-state index contributed by atoms with van der Waals surface area (Å²) in [5.41, 5.74) is 1.37. The van der Waals surface area contributed by atoms with E-state index >= 15 is 0 Å². The third-order valence-electron chi connectivity index (χ3n) is 3.53. The zero-order valence-corrected chi connectivity index (χ0v) is 12.0. The first-order valence-corrected chi connectivity index (χ1v) is 7.25. The maximum absolute atomic E-state index is 3.62. The second-order valence-corrected chi connectivity index (χ2v) is 5.69. The molecule has 2 nitrogen and oxygen atoms in total. The van der Waals surface area contributed by atoms with Gasteiger partial charge in [-0.15, -0.1) is 0 Å². The molecule has 2 rings (SSSR count). The van der Waals surface area contributed by atoms with Crippen LogP contribution in [-0.2, 0) is 0 Å². The summed E-state index contributed by atoms with van der Waals surface area (Å²) in [4.78, 5) is 0. The van der Waals surface area contributed by atoms with E-state index in [1.807, 2.05) is 7.05 Å². The zero-order valence-electron chi connectivity index (χ0n) is 10.4. The molecule has 1 aromatic carbocycles. The standard InChI is InChI=1S/C14H21BrN2/c1-16-14(10-13-7-2-3-8-17-13)11-5-4-6-12(15)9-11/h4-6,9,13-14,16-17H,2-3,7-8,10H2,1H3. The molecule has 94 valence electrons. The number of benzene rings is 1. The fourth-order valence-electron chi connectivity index (χ4n) is 2.55. The quantitative estimate of drug-likeness (QED) is 0.891. The van der Waals surface area contributed by atoms with E-state index in [0.717, 1.165) is 4.47 Å². The summed E-state index contributed by atoms with van der Waals surface area (Å²) in [7, 11) is 2.05. The van der Waals surface area contributed by atoms with Crippen molar-refractivity contribution in [2.45, 2.75) is 37.8 Å². The van der Waals surface area contributed by atoms with Crippen molar-refractivity contribution in [1.82, 2.24) is 10.6 Å². The first-order valence-electron chi connectivity index (χ1n) is 6.45. The van der Waals surface area contributed by atoms with Crippen LogP contribution in [0.15, 0.2) is 28.7 Å². The minimum Gasteiger partial charge on any atom is -0.314 e. The Morgan fingerprint density at radius 2 is 2.35 bits per heavy atom. The summed E-state index contributed by atoms with van der Waals surface area (Å²) in [6, 6.07) is 9.72. The fraction of sp³-hybridized carbons (Fsp3) is 0.571. The number of rotatable bonds is 4. The molecular weight excluding hydrogens is 276 g/mol. The van der Waals surface area contributed by atoms with Crippen LogP contribution in [0.3, 0.4) is 0 Å². The molecule has 0 amide bonds. The van der Waals surface area contributed by atoms with E-state index in [1.54, 1.807) is 0 Å². The lowest BCUT2D eigenvalue weighted by Gasteiger charge is -2.28. The summed E-state index contributed by atoms with van der Waals surface area (Å²) < 4.78 is 1.16. The summed E-state index contributed by atoms with van der Waals surface area (Å²) in [5, 5.41) is 7.05. The van der Waals surface area contributed by atoms with Crippen molar-refractivity contribution >= 4 is 15.9 Å². The van der Waals surface area contributed by atoms with Gasteiger partial charge in [0, 0.05) is 16.6 Å². The van der Waals surface area contributed by atoms with Gasteiger partial charge in [0.1, 0.15) is 0 Å². The molecule has 2 atom stereocenters. The average molecular weight is 297 g/mol. The van der Waals surface area contributed by atoms with Gasteiger partial charge in [0.05, 0.1) is 0 Å². The predicted octanol–water partition coefficient (Wildman–Crippen LogP) is 3.24. The highest BCUT2D eigenvalue weighted by Crippen LogP contribution is 2.24. The summed E-state index contributed by atoms with van der Waals surface area (Å²) in [6.45, 7) is 1.18. The van der Waals surface area contributed by atoms with Gasteiger partial charge in [0.15, 0.2) is 0 Å². The predicted molar refractivity (Wildman–Crippen MR) is 76.2 cm³/mol. The lowest BCUT2D eigenvalue weighted by molar-refractivity contribution is 0.347. The molecule has 1 fully saturated rings. The van der Waals surface area contributed by atoms with Crippen molar-refractivity contribution in [2.24, 2.45) is 0 Å². The Morgan fingerprint density at radius 1 is 1.47 bits per heavy atom. The number of halogens is 1. The minimum absolute atomic E-state index is 0.447. The van der Waals surface area contributed by atoms with Crippen molar-refractivity contribution in [1.29, 1.82) is 0 Å². The van der Waals surface area contributed by atoms with E-state index in [4.69, 9.17) is 0 Å². The highest BCUT2D eigenvalue weighted by molar-refractivity contribution is 9.10. The SMILES string of the molecule is CNC(CC1CCCCN1)c1cccc(Br)c1. The van der Waals surface area contributed by atoms with Crippen LogP contribution in [0.25, 0.3) is 0 Å². The molecule has 1 saturated heterocycles. The summed E-state index contributed by atoms with van der Waals surface area (Å²) in [5.74, 6) is 0. The van der Waals surface area contributed by atoms with Crippen LogP contribution in [0, 0.1) is 0 Å². The third kappa shape index (κ3) is 3.80. The molecule has 17 heavy (non-hydrogen) atoms. The maximum Gasteiger partial charge on any atom is 0.0332 e. The van der Waals surface area contributed by atoms with Gasteiger partial charge in [-0.3, -0.25) is 0 Å². The molecule has 0 aliphatic carbocycles. The van der Waals surface area contributed by atoms with Crippen LogP contribution in [0.1, 0.15) is 37.3 Å². The Labute approximate surface area is 112 Å². The average Bonchev–Trinajstić information content (AvgIpc) is 2.37. The van der Waals surface area contributed by atoms with Crippen LogP contribution >= 0.6 is 15.9 Å². The zero-order chi connectivity index (χ0) is 12.1. The Kier molecular flexibility index (Phi) is 5.01. The molecule has 2 N–H and O–H groups in total. The first-order chi connectivity index (χ1) is 8.29. The van der Waals surface area contributed by atoms with Gasteiger partial charge >= 0.3 is 0 Å². The fourth-order valence-corrected chi connectivity index (χ4v) is 2.97. The molecule has 0 radical (unpaired) electrons. The molecule has 1 aromatic rings. The van der Waals surface area contributed by atoms with Gasteiger partial charge in [-0.1, -0.05) is 34.5 Å². The van der Waals surface area contributed by atoms with E-state index in [0.29, 0.717) is 12.1 Å². The molecule has 1 heterocycles. The second kappa shape index (κ2) is 6.53. The van der Waals surface area contributed by atoms with Gasteiger partial charge < -0.3 is 10.6 Å². The van der Waals surface area contributed by atoms with Crippen LogP contribution in [0.5, 0.6) is 0 Å². The molecule has 0 aromatic heterocycles. The van der Waals surface area contributed by atoms with E-state index in [1.165, 1.54) is 37.8 Å². The molecular formula is C14H21BrN2. The van der Waals surface area contributed by atoms with Crippen molar-refractivity contribution in [3.05, 3.63) is 34.3 Å². The number of hydrogen-bond acceptors (Lipinski definition) is 2. The Morgan fingerprint density at radius 3 is 3.00 bits per heavy atom. The topological polar surface area (TPSA) is 24.1 Å². The molecule has 1 aliphatic heterocycles. The maximum atomic E-state index is 3.62. The molecule has 0 spiro atoms. The third-order valence-corrected chi connectivity index (χ3v) is 4.03. The highest BCUT2D eigenvalue weighted by Gasteiger charge is 2.18. The smallest absolute Gasteiger partial charge is 0.0332 e. The number of hydrogen-bond donors (Lipinski definition) is 2. The lowest BCUT2D eigenvalue weighted by atomic mass is 9.94.